The molecule has 0 fully saturated rings. The van der Waals surface area contributed by atoms with Crippen LogP contribution in [0.4, 0.5) is 4.79 Å². The van der Waals surface area contributed by atoms with Gasteiger partial charge in [0, 0.05) is 24.4 Å². The molecule has 0 radical (unpaired) electrons. The molecule has 0 unspecified atom stereocenters. The van der Waals surface area contributed by atoms with Crippen LogP contribution < -0.4 is 11.1 Å². The number of alkyl carbamates (subject to hydrolysis) is 1. The number of ether oxygens (including phenoxy) is 1. The lowest BCUT2D eigenvalue weighted by Gasteiger charge is -2.34. The van der Waals surface area contributed by atoms with Gasteiger partial charge in [-0.25, -0.2) is 4.79 Å². The van der Waals surface area contributed by atoms with E-state index in [0.717, 1.165) is 24.0 Å². The van der Waals surface area contributed by atoms with Crippen LogP contribution in [0.2, 0.25) is 0 Å². The molecule has 138 valence electrons. The summed E-state index contributed by atoms with van der Waals surface area (Å²) in [5.41, 5.74) is 7.61. The summed E-state index contributed by atoms with van der Waals surface area (Å²) in [4.78, 5) is 24.3. The summed E-state index contributed by atoms with van der Waals surface area (Å²) >= 11 is 0. The third-order valence-electron chi connectivity index (χ3n) is 4.54. The average Bonchev–Trinajstić information content (AvgIpc) is 2.81. The van der Waals surface area contributed by atoms with Crippen molar-refractivity contribution in [2.24, 2.45) is 12.8 Å². The molecule has 0 bridgehead atoms. The molecule has 0 saturated carbocycles. The fourth-order valence-corrected chi connectivity index (χ4v) is 3.31. The zero-order valence-corrected chi connectivity index (χ0v) is 16.0. The number of aryl methyl sites for hydroxylation is 1. The van der Waals surface area contributed by atoms with E-state index in [4.69, 9.17) is 10.5 Å². The zero-order chi connectivity index (χ0) is 19.0. The fourth-order valence-electron chi connectivity index (χ4n) is 3.31. The van der Waals surface area contributed by atoms with Gasteiger partial charge in [-0.3, -0.25) is 4.79 Å². The van der Waals surface area contributed by atoms with Gasteiger partial charge in [0.05, 0.1) is 0 Å². The van der Waals surface area contributed by atoms with Gasteiger partial charge in [-0.15, -0.1) is 0 Å². The number of aromatic nitrogens is 1. The molecular weight excluding hydrogens is 318 g/mol. The number of amides is 2. The molecule has 1 atom stereocenters. The molecule has 0 saturated heterocycles. The first-order valence-corrected chi connectivity index (χ1v) is 8.57. The molecule has 0 aromatic carbocycles. The number of hydrogen-bond acceptors (Lipinski definition) is 3. The van der Waals surface area contributed by atoms with E-state index in [1.54, 1.807) is 20.8 Å². The number of primary amides is 1. The van der Waals surface area contributed by atoms with Gasteiger partial charge in [-0.05, 0) is 44.7 Å². The predicted molar refractivity (Wildman–Crippen MR) is 98.1 cm³/mol. The molecule has 3 N–H and O–H groups in total. The lowest BCUT2D eigenvalue weighted by Crippen LogP contribution is -2.55. The standard InChI is InChI=1S/C19H29N3O3/c1-18(2,3)25-17(24)21-15(16(20)23)19(4,5)13-11-22(6)14-10-8-7-9-12(13)14/h7,9,11,15H,8,10H2,1-6H3,(H2,20,23)(H,21,24)/t15-/m1/s1. The fraction of sp³-hybridized carbons (Fsp3) is 0.579. The molecule has 1 aliphatic carbocycles. The summed E-state index contributed by atoms with van der Waals surface area (Å²) in [6.07, 6.45) is 7.54. The number of carbonyl (C=O) groups is 2. The maximum Gasteiger partial charge on any atom is 0.408 e. The quantitative estimate of drug-likeness (QED) is 0.878. The van der Waals surface area contributed by atoms with Gasteiger partial charge >= 0.3 is 6.09 Å². The van der Waals surface area contributed by atoms with Crippen molar-refractivity contribution in [2.75, 3.05) is 0 Å². The molecule has 1 aromatic rings. The van der Waals surface area contributed by atoms with Crippen LogP contribution in [-0.2, 0) is 28.4 Å². The molecule has 1 aromatic heterocycles. The second-order valence-corrected chi connectivity index (χ2v) is 8.16. The van der Waals surface area contributed by atoms with Crippen molar-refractivity contribution in [3.8, 4) is 0 Å². The molecule has 0 aliphatic heterocycles. The van der Waals surface area contributed by atoms with E-state index < -0.39 is 29.1 Å². The topological polar surface area (TPSA) is 86.3 Å². The normalized spacial score (nSPS) is 15.4. The van der Waals surface area contributed by atoms with Crippen LogP contribution in [0.1, 0.15) is 57.9 Å². The highest BCUT2D eigenvalue weighted by Gasteiger charge is 2.40. The van der Waals surface area contributed by atoms with Crippen molar-refractivity contribution in [1.29, 1.82) is 0 Å². The first-order chi connectivity index (χ1) is 11.4. The second-order valence-electron chi connectivity index (χ2n) is 8.16. The summed E-state index contributed by atoms with van der Waals surface area (Å²) in [5.74, 6) is -0.590. The van der Waals surface area contributed by atoms with E-state index in [9.17, 15) is 9.59 Å². The molecule has 1 aliphatic rings. The maximum atomic E-state index is 12.2. The number of nitrogens with one attached hydrogen (secondary N) is 1. The zero-order valence-electron chi connectivity index (χ0n) is 16.0. The van der Waals surface area contributed by atoms with Crippen LogP contribution in [0.15, 0.2) is 12.3 Å². The highest BCUT2D eigenvalue weighted by atomic mass is 16.6. The minimum atomic E-state index is -0.885. The lowest BCUT2D eigenvalue weighted by molar-refractivity contribution is -0.121. The number of nitrogens with zero attached hydrogens (tertiary/aromatic N) is 1. The summed E-state index contributed by atoms with van der Waals surface area (Å²) in [6, 6.07) is -0.885. The van der Waals surface area contributed by atoms with Gasteiger partial charge in [-0.1, -0.05) is 26.0 Å². The van der Waals surface area contributed by atoms with E-state index in [2.05, 4.69) is 22.0 Å². The van der Waals surface area contributed by atoms with Gasteiger partial charge in [-0.2, -0.15) is 0 Å². The predicted octanol–water partition coefficient (Wildman–Crippen LogP) is 2.64. The van der Waals surface area contributed by atoms with E-state index in [0.29, 0.717) is 0 Å². The summed E-state index contributed by atoms with van der Waals surface area (Å²) in [7, 11) is 2.00. The van der Waals surface area contributed by atoms with Gasteiger partial charge in [0.15, 0.2) is 0 Å². The molecule has 2 rings (SSSR count). The lowest BCUT2D eigenvalue weighted by atomic mass is 9.76. The second kappa shape index (κ2) is 6.58. The highest BCUT2D eigenvalue weighted by molar-refractivity contribution is 5.86. The van der Waals surface area contributed by atoms with Gasteiger partial charge in [0.25, 0.3) is 0 Å². The maximum absolute atomic E-state index is 12.2. The molecule has 2 amide bonds. The Morgan fingerprint density at radius 2 is 1.92 bits per heavy atom. The van der Waals surface area contributed by atoms with Crippen molar-refractivity contribution in [1.82, 2.24) is 9.88 Å². The van der Waals surface area contributed by atoms with Crippen LogP contribution in [0.3, 0.4) is 0 Å². The van der Waals surface area contributed by atoms with Crippen LogP contribution in [0.5, 0.6) is 0 Å². The minimum absolute atomic E-state index is 0.590. The Bertz CT molecular complexity index is 708. The van der Waals surface area contributed by atoms with Crippen molar-refractivity contribution >= 4 is 18.1 Å². The van der Waals surface area contributed by atoms with Gasteiger partial charge in [0.2, 0.25) is 5.91 Å². The molecule has 1 heterocycles. The number of fused-ring (bicyclic) bond motifs is 1. The average molecular weight is 347 g/mol. The largest absolute Gasteiger partial charge is 0.444 e. The Balaban J connectivity index is 2.36. The molecule has 0 spiro atoms. The van der Waals surface area contributed by atoms with E-state index in [1.807, 2.05) is 27.1 Å². The SMILES string of the molecule is Cn1cc(C(C)(C)[C@H](NC(=O)OC(C)(C)C)C(N)=O)c2c1CCC=C2. The van der Waals surface area contributed by atoms with E-state index in [-0.39, 0.29) is 0 Å². The Morgan fingerprint density at radius 1 is 1.28 bits per heavy atom. The molecular formula is C19H29N3O3. The summed E-state index contributed by atoms with van der Waals surface area (Å²) in [5, 5.41) is 2.66. The Labute approximate surface area is 149 Å². The van der Waals surface area contributed by atoms with Crippen LogP contribution in [-0.4, -0.2) is 28.2 Å². The number of carbonyl (C=O) groups excluding carboxylic acids is 2. The van der Waals surface area contributed by atoms with Crippen molar-refractivity contribution < 1.29 is 14.3 Å². The molecule has 6 heteroatoms. The summed E-state index contributed by atoms with van der Waals surface area (Å²) < 4.78 is 7.37. The smallest absolute Gasteiger partial charge is 0.408 e. The Morgan fingerprint density at radius 3 is 2.48 bits per heavy atom. The first-order valence-electron chi connectivity index (χ1n) is 8.57. The van der Waals surface area contributed by atoms with Crippen molar-refractivity contribution in [2.45, 2.75) is 64.5 Å². The molecule has 25 heavy (non-hydrogen) atoms. The number of hydrogen-bond donors (Lipinski definition) is 2. The van der Waals surface area contributed by atoms with Gasteiger partial charge < -0.3 is 20.4 Å². The van der Waals surface area contributed by atoms with Gasteiger partial charge in [0.1, 0.15) is 11.6 Å². The van der Waals surface area contributed by atoms with E-state index in [1.165, 1.54) is 5.69 Å². The van der Waals surface area contributed by atoms with E-state index >= 15 is 0 Å². The Kier molecular flexibility index (Phi) is 5.02. The third-order valence-corrected chi connectivity index (χ3v) is 4.54. The van der Waals surface area contributed by atoms with Crippen LogP contribution in [0.25, 0.3) is 6.08 Å². The van der Waals surface area contributed by atoms with Crippen molar-refractivity contribution in [3.05, 3.63) is 29.1 Å². The van der Waals surface area contributed by atoms with Crippen LogP contribution >= 0.6 is 0 Å². The first kappa shape index (κ1) is 19.1. The number of allylic oxidation sites excluding steroid dienone is 1. The third kappa shape index (κ3) is 4.06. The monoisotopic (exact) mass is 347 g/mol. The number of nitrogens with two attached hydrogens (primary N) is 1. The van der Waals surface area contributed by atoms with Crippen LogP contribution in [0, 0.1) is 0 Å². The minimum Gasteiger partial charge on any atom is -0.444 e. The Hall–Kier alpha value is -2.24. The number of rotatable bonds is 4. The summed E-state index contributed by atoms with van der Waals surface area (Å²) in [6.45, 7) is 9.15. The highest BCUT2D eigenvalue weighted by Crippen LogP contribution is 2.35. The molecule has 6 nitrogen and oxygen atoms in total. The van der Waals surface area contributed by atoms with Crippen molar-refractivity contribution in [3.63, 3.8) is 0 Å².